The number of hydrogen-bond acceptors (Lipinski definition) is 3. The second kappa shape index (κ2) is 14.2. The van der Waals surface area contributed by atoms with Crippen LogP contribution in [0.2, 0.25) is 39.3 Å². The summed E-state index contributed by atoms with van der Waals surface area (Å²) in [6, 6.07) is 59.1. The molecule has 8 rings (SSSR count). The fourth-order valence-electron chi connectivity index (χ4n) is 6.97. The second-order valence-electron chi connectivity index (χ2n) is 16.3. The molecular weight excluding hydrogens is 687 g/mol. The van der Waals surface area contributed by atoms with Gasteiger partial charge in [0.05, 0.1) is 16.1 Å². The lowest BCUT2D eigenvalue weighted by Gasteiger charge is -2.17. The summed E-state index contributed by atoms with van der Waals surface area (Å²) >= 11 is 0. The van der Waals surface area contributed by atoms with Crippen molar-refractivity contribution in [2.45, 2.75) is 39.3 Å². The molecule has 0 amide bonds. The molecule has 0 bridgehead atoms. The Labute approximate surface area is 321 Å². The third-order valence-electron chi connectivity index (χ3n) is 10.2. The highest BCUT2D eigenvalue weighted by Crippen LogP contribution is 2.33. The maximum absolute atomic E-state index is 5.10. The van der Waals surface area contributed by atoms with E-state index in [9.17, 15) is 0 Å². The van der Waals surface area contributed by atoms with E-state index < -0.39 is 16.1 Å². The molecule has 0 aliphatic carbocycles. The van der Waals surface area contributed by atoms with Crippen LogP contribution in [0.3, 0.4) is 0 Å². The Morgan fingerprint density at radius 1 is 0.278 bits per heavy atom. The van der Waals surface area contributed by atoms with E-state index in [1.54, 1.807) is 0 Å². The molecule has 0 saturated carbocycles. The van der Waals surface area contributed by atoms with Crippen molar-refractivity contribution in [2.24, 2.45) is 0 Å². The fraction of sp³-hybridized carbons (Fsp3) is 0.122. The molecule has 3 nitrogen and oxygen atoms in total. The number of benzene rings is 7. The molecule has 1 heterocycles. The highest BCUT2D eigenvalue weighted by Gasteiger charge is 2.19. The Balaban J connectivity index is 1.16. The topological polar surface area (TPSA) is 38.7 Å². The number of aromatic nitrogens is 3. The lowest BCUT2D eigenvalue weighted by Crippen LogP contribution is -2.37. The molecule has 264 valence electrons. The van der Waals surface area contributed by atoms with Crippen molar-refractivity contribution in [1.82, 2.24) is 15.0 Å². The molecule has 0 radical (unpaired) electrons. The first-order chi connectivity index (χ1) is 26.0. The van der Waals surface area contributed by atoms with Gasteiger partial charge in [-0.25, -0.2) is 15.0 Å². The summed E-state index contributed by atoms with van der Waals surface area (Å²) in [5.41, 5.74) is 9.99. The summed E-state index contributed by atoms with van der Waals surface area (Å²) in [7, 11) is -2.89. The Kier molecular flexibility index (Phi) is 9.30. The molecule has 1 aromatic heterocycles. The molecule has 54 heavy (non-hydrogen) atoms. The SMILES string of the molecule is C[Si](C)(C)c1ccc(-c2nc(-c3ccc([Si](C)(C)C)cc3)nc(-c3cccc(-c4cccc(-c5cccc(-c6ccc7ccccc7c6)c5)c4)c3)n2)cc1. The molecule has 0 spiro atoms. The van der Waals surface area contributed by atoms with Crippen LogP contribution in [0.1, 0.15) is 0 Å². The molecule has 0 aliphatic heterocycles. The van der Waals surface area contributed by atoms with E-state index in [2.05, 4.69) is 203 Å². The summed E-state index contributed by atoms with van der Waals surface area (Å²) in [4.78, 5) is 15.3. The summed E-state index contributed by atoms with van der Waals surface area (Å²) in [5.74, 6) is 2.04. The zero-order chi connectivity index (χ0) is 37.5. The van der Waals surface area contributed by atoms with Crippen LogP contribution in [0.4, 0.5) is 0 Å². The fourth-order valence-corrected chi connectivity index (χ4v) is 9.30. The molecular formula is C49H45N3Si2. The number of rotatable bonds is 8. The standard InChI is InChI=1S/C49H45N3Si2/c1-53(2,3)45-26-22-35(23-27-45)47-50-48(36-24-28-46(29-25-36)54(4,5)6)52-49(51-47)44-19-11-18-42(33-44)40-16-9-14-38(31-40)39-15-10-17-41(32-39)43-21-20-34-12-7-8-13-37(34)30-43/h7-33H,1-6H3. The largest absolute Gasteiger partial charge is 0.208 e. The maximum Gasteiger partial charge on any atom is 0.164 e. The quantitative estimate of drug-likeness (QED) is 0.146. The van der Waals surface area contributed by atoms with Crippen molar-refractivity contribution >= 4 is 37.3 Å². The molecule has 0 N–H and O–H groups in total. The van der Waals surface area contributed by atoms with E-state index in [4.69, 9.17) is 15.0 Å². The molecule has 7 aromatic carbocycles. The minimum atomic E-state index is -1.45. The van der Waals surface area contributed by atoms with Crippen LogP contribution in [0.5, 0.6) is 0 Å². The third-order valence-corrected chi connectivity index (χ3v) is 14.4. The molecule has 0 saturated heterocycles. The van der Waals surface area contributed by atoms with Gasteiger partial charge in [0, 0.05) is 16.7 Å². The monoisotopic (exact) mass is 731 g/mol. The van der Waals surface area contributed by atoms with Crippen molar-refractivity contribution in [3.63, 3.8) is 0 Å². The van der Waals surface area contributed by atoms with E-state index in [1.165, 1.54) is 43.4 Å². The average molecular weight is 732 g/mol. The van der Waals surface area contributed by atoms with Gasteiger partial charge >= 0.3 is 0 Å². The minimum Gasteiger partial charge on any atom is -0.208 e. The highest BCUT2D eigenvalue weighted by atomic mass is 28.3. The average Bonchev–Trinajstić information content (AvgIpc) is 3.20. The zero-order valence-corrected chi connectivity index (χ0v) is 33.9. The van der Waals surface area contributed by atoms with Gasteiger partial charge in [0.2, 0.25) is 0 Å². The van der Waals surface area contributed by atoms with Gasteiger partial charge < -0.3 is 0 Å². The van der Waals surface area contributed by atoms with Gasteiger partial charge in [-0.3, -0.25) is 0 Å². The van der Waals surface area contributed by atoms with Crippen LogP contribution >= 0.6 is 0 Å². The van der Waals surface area contributed by atoms with Gasteiger partial charge in [-0.05, 0) is 68.4 Å². The van der Waals surface area contributed by atoms with Gasteiger partial charge in [-0.1, -0.05) is 189 Å². The Bertz CT molecular complexity index is 2540. The van der Waals surface area contributed by atoms with Gasteiger partial charge in [0.1, 0.15) is 0 Å². The summed E-state index contributed by atoms with van der Waals surface area (Å²) < 4.78 is 0. The van der Waals surface area contributed by atoms with Crippen LogP contribution in [0.15, 0.2) is 164 Å². The lowest BCUT2D eigenvalue weighted by atomic mass is 9.95. The number of nitrogens with zero attached hydrogens (tertiary/aromatic N) is 3. The smallest absolute Gasteiger partial charge is 0.164 e. The van der Waals surface area contributed by atoms with Gasteiger partial charge in [-0.2, -0.15) is 0 Å². The molecule has 0 fully saturated rings. The molecule has 0 unspecified atom stereocenters. The summed E-state index contributed by atoms with van der Waals surface area (Å²) in [6.07, 6.45) is 0. The number of hydrogen-bond donors (Lipinski definition) is 0. The predicted molar refractivity (Wildman–Crippen MR) is 236 cm³/mol. The maximum atomic E-state index is 5.10. The Hall–Kier alpha value is -5.76. The van der Waals surface area contributed by atoms with E-state index in [-0.39, 0.29) is 0 Å². The van der Waals surface area contributed by atoms with E-state index in [0.717, 1.165) is 27.8 Å². The summed E-state index contributed by atoms with van der Waals surface area (Å²) in [5, 5.41) is 5.33. The van der Waals surface area contributed by atoms with Crippen LogP contribution in [-0.2, 0) is 0 Å². The van der Waals surface area contributed by atoms with Gasteiger partial charge in [0.25, 0.3) is 0 Å². The highest BCUT2D eigenvalue weighted by molar-refractivity contribution is 6.89. The lowest BCUT2D eigenvalue weighted by molar-refractivity contribution is 1.07. The van der Waals surface area contributed by atoms with Crippen molar-refractivity contribution < 1.29 is 0 Å². The molecule has 0 aliphatic rings. The van der Waals surface area contributed by atoms with Crippen LogP contribution in [0.25, 0.3) is 78.3 Å². The van der Waals surface area contributed by atoms with E-state index in [0.29, 0.717) is 17.5 Å². The number of fused-ring (bicyclic) bond motifs is 1. The zero-order valence-electron chi connectivity index (χ0n) is 31.9. The van der Waals surface area contributed by atoms with E-state index in [1.807, 2.05) is 0 Å². The van der Waals surface area contributed by atoms with Crippen molar-refractivity contribution in [2.75, 3.05) is 0 Å². The normalized spacial score (nSPS) is 11.9. The first-order valence-corrected chi connectivity index (χ1v) is 25.8. The van der Waals surface area contributed by atoms with Gasteiger partial charge in [-0.15, -0.1) is 0 Å². The van der Waals surface area contributed by atoms with Gasteiger partial charge in [0.15, 0.2) is 17.5 Å². The van der Waals surface area contributed by atoms with Crippen molar-refractivity contribution in [3.05, 3.63) is 164 Å². The van der Waals surface area contributed by atoms with Crippen LogP contribution < -0.4 is 10.4 Å². The first kappa shape index (κ1) is 35.3. The third kappa shape index (κ3) is 7.51. The Morgan fingerprint density at radius 3 is 1.04 bits per heavy atom. The minimum absolute atomic E-state index is 0.666. The molecule has 0 atom stereocenters. The van der Waals surface area contributed by atoms with Crippen molar-refractivity contribution in [3.8, 4) is 67.5 Å². The van der Waals surface area contributed by atoms with Crippen LogP contribution in [0, 0.1) is 0 Å². The predicted octanol–water partition coefficient (Wildman–Crippen LogP) is 12.1. The molecule has 5 heteroatoms. The Morgan fingerprint density at radius 2 is 0.611 bits per heavy atom. The second-order valence-corrected chi connectivity index (χ2v) is 26.4. The van der Waals surface area contributed by atoms with Crippen molar-refractivity contribution in [1.29, 1.82) is 0 Å². The van der Waals surface area contributed by atoms with E-state index >= 15 is 0 Å². The summed E-state index contributed by atoms with van der Waals surface area (Å²) in [6.45, 7) is 14.2. The van der Waals surface area contributed by atoms with Crippen LogP contribution in [-0.4, -0.2) is 31.1 Å². The molecule has 8 aromatic rings. The first-order valence-electron chi connectivity index (χ1n) is 18.8.